The van der Waals surface area contributed by atoms with E-state index in [1.165, 1.54) is 4.90 Å². The molecular formula is C25H30N2O5. The normalized spacial score (nSPS) is 17.8. The first kappa shape index (κ1) is 23.3. The highest BCUT2D eigenvalue weighted by Gasteiger charge is 2.46. The Kier molecular flexibility index (Phi) is 7.20. The van der Waals surface area contributed by atoms with Gasteiger partial charge in [0.15, 0.2) is 0 Å². The summed E-state index contributed by atoms with van der Waals surface area (Å²) in [4.78, 5) is 29.8. The number of hydrogen-bond acceptors (Lipinski definition) is 6. The Morgan fingerprint density at radius 2 is 1.81 bits per heavy atom. The van der Waals surface area contributed by atoms with Crippen LogP contribution in [-0.2, 0) is 9.59 Å². The van der Waals surface area contributed by atoms with E-state index in [4.69, 9.17) is 9.47 Å². The fourth-order valence-electron chi connectivity index (χ4n) is 4.06. The standard InChI is InChI=1S/C25H30N2O5/c1-16-15-17(31-4)11-12-18(16)23(28)21-22(19-9-6-7-10-20(19)32-5)27(25(30)24(21)29)14-8-13-26(2)3/h6-7,9-12,15,22,28H,8,13-14H2,1-5H3/t22-/m1/s1. The number of ketones is 1. The first-order chi connectivity index (χ1) is 15.3. The minimum absolute atomic E-state index is 0.0672. The van der Waals surface area contributed by atoms with Crippen molar-refractivity contribution in [3.05, 3.63) is 64.7 Å². The molecule has 7 nitrogen and oxygen atoms in total. The lowest BCUT2D eigenvalue weighted by Gasteiger charge is -2.27. The summed E-state index contributed by atoms with van der Waals surface area (Å²) >= 11 is 0. The van der Waals surface area contributed by atoms with Gasteiger partial charge in [0.1, 0.15) is 17.3 Å². The van der Waals surface area contributed by atoms with Gasteiger partial charge in [-0.3, -0.25) is 9.59 Å². The van der Waals surface area contributed by atoms with E-state index in [-0.39, 0.29) is 11.3 Å². The molecular weight excluding hydrogens is 408 g/mol. The summed E-state index contributed by atoms with van der Waals surface area (Å²) < 4.78 is 10.8. The summed E-state index contributed by atoms with van der Waals surface area (Å²) in [5.41, 5.74) is 1.95. The Morgan fingerprint density at radius 1 is 1.09 bits per heavy atom. The molecule has 0 saturated carbocycles. The molecule has 170 valence electrons. The third-order valence-electron chi connectivity index (χ3n) is 5.67. The molecule has 1 fully saturated rings. The maximum absolute atomic E-state index is 13.2. The zero-order valence-corrected chi connectivity index (χ0v) is 19.2. The maximum Gasteiger partial charge on any atom is 0.295 e. The predicted molar refractivity (Wildman–Crippen MR) is 123 cm³/mol. The van der Waals surface area contributed by atoms with Crippen molar-refractivity contribution >= 4 is 17.4 Å². The number of hydrogen-bond donors (Lipinski definition) is 1. The second kappa shape index (κ2) is 9.87. The van der Waals surface area contributed by atoms with E-state index in [2.05, 4.69) is 0 Å². The van der Waals surface area contributed by atoms with Crippen LogP contribution in [0.5, 0.6) is 11.5 Å². The van der Waals surface area contributed by atoms with Crippen LogP contribution >= 0.6 is 0 Å². The molecule has 2 aromatic carbocycles. The topological polar surface area (TPSA) is 79.3 Å². The zero-order chi connectivity index (χ0) is 23.4. The van der Waals surface area contributed by atoms with Gasteiger partial charge in [-0.05, 0) is 63.8 Å². The van der Waals surface area contributed by atoms with Gasteiger partial charge in [-0.25, -0.2) is 0 Å². The fourth-order valence-corrected chi connectivity index (χ4v) is 4.06. The van der Waals surface area contributed by atoms with Gasteiger partial charge in [0.05, 0.1) is 25.8 Å². The fraction of sp³-hybridized carbons (Fsp3) is 0.360. The number of amides is 1. The van der Waals surface area contributed by atoms with Crippen molar-refractivity contribution in [2.75, 3.05) is 41.4 Å². The first-order valence-electron chi connectivity index (χ1n) is 10.5. The highest BCUT2D eigenvalue weighted by molar-refractivity contribution is 6.46. The van der Waals surface area contributed by atoms with Gasteiger partial charge in [-0.1, -0.05) is 18.2 Å². The number of methoxy groups -OCH3 is 2. The second-order valence-electron chi connectivity index (χ2n) is 8.07. The molecule has 32 heavy (non-hydrogen) atoms. The Labute approximate surface area is 188 Å². The largest absolute Gasteiger partial charge is 0.507 e. The van der Waals surface area contributed by atoms with Crippen molar-refractivity contribution in [3.8, 4) is 11.5 Å². The molecule has 1 aliphatic heterocycles. The van der Waals surface area contributed by atoms with Crippen molar-refractivity contribution in [2.45, 2.75) is 19.4 Å². The van der Waals surface area contributed by atoms with E-state index in [0.717, 1.165) is 12.1 Å². The average molecular weight is 439 g/mol. The van der Waals surface area contributed by atoms with Crippen LogP contribution in [0.25, 0.3) is 5.76 Å². The molecule has 0 aliphatic carbocycles. The van der Waals surface area contributed by atoms with Crippen molar-refractivity contribution in [2.24, 2.45) is 0 Å². The van der Waals surface area contributed by atoms with Crippen LogP contribution in [0.4, 0.5) is 0 Å². The number of benzene rings is 2. The maximum atomic E-state index is 13.2. The van der Waals surface area contributed by atoms with Crippen molar-refractivity contribution in [1.29, 1.82) is 0 Å². The molecule has 1 aliphatic rings. The van der Waals surface area contributed by atoms with E-state index in [1.54, 1.807) is 38.5 Å². The third kappa shape index (κ3) is 4.48. The summed E-state index contributed by atoms with van der Waals surface area (Å²) in [6, 6.07) is 11.7. The summed E-state index contributed by atoms with van der Waals surface area (Å²) in [7, 11) is 7.02. The van der Waals surface area contributed by atoms with Crippen LogP contribution in [0.2, 0.25) is 0 Å². The number of carbonyl (C=O) groups is 2. The number of aliphatic hydroxyl groups excluding tert-OH is 1. The number of Topliss-reactive ketones (excluding diaryl/α,β-unsaturated/α-hetero) is 1. The number of ether oxygens (including phenoxy) is 2. The van der Waals surface area contributed by atoms with Gasteiger partial charge >= 0.3 is 0 Å². The van der Waals surface area contributed by atoms with Crippen molar-refractivity contribution in [3.63, 3.8) is 0 Å². The second-order valence-corrected chi connectivity index (χ2v) is 8.07. The highest BCUT2D eigenvalue weighted by Crippen LogP contribution is 2.43. The van der Waals surface area contributed by atoms with E-state index in [1.807, 2.05) is 44.1 Å². The Morgan fingerprint density at radius 3 is 2.44 bits per heavy atom. The summed E-state index contributed by atoms with van der Waals surface area (Å²) in [5.74, 6) is -0.320. The average Bonchev–Trinajstić information content (AvgIpc) is 3.03. The summed E-state index contributed by atoms with van der Waals surface area (Å²) in [6.45, 7) is 2.96. The van der Waals surface area contributed by atoms with Gasteiger partial charge < -0.3 is 24.4 Å². The third-order valence-corrected chi connectivity index (χ3v) is 5.67. The Bertz CT molecular complexity index is 1040. The number of aliphatic hydroxyl groups is 1. The Hall–Kier alpha value is -3.32. The van der Waals surface area contributed by atoms with E-state index < -0.39 is 17.7 Å². The number of nitrogens with zero attached hydrogens (tertiary/aromatic N) is 2. The van der Waals surface area contributed by atoms with E-state index >= 15 is 0 Å². The lowest BCUT2D eigenvalue weighted by molar-refractivity contribution is -0.140. The number of carbonyl (C=O) groups excluding carboxylic acids is 2. The van der Waals surface area contributed by atoms with Gasteiger partial charge in [0.2, 0.25) is 0 Å². The smallest absolute Gasteiger partial charge is 0.295 e. The van der Waals surface area contributed by atoms with Gasteiger partial charge in [0.25, 0.3) is 11.7 Å². The molecule has 1 amide bonds. The van der Waals surface area contributed by atoms with Crippen molar-refractivity contribution < 1.29 is 24.2 Å². The molecule has 0 spiro atoms. The lowest BCUT2D eigenvalue weighted by atomic mass is 9.93. The predicted octanol–water partition coefficient (Wildman–Crippen LogP) is 3.39. The number of likely N-dealkylation sites (tertiary alicyclic amines) is 1. The number of para-hydroxylation sites is 1. The lowest BCUT2D eigenvalue weighted by Crippen LogP contribution is -2.32. The molecule has 7 heteroatoms. The van der Waals surface area contributed by atoms with Crippen LogP contribution in [0.15, 0.2) is 48.0 Å². The molecule has 2 aromatic rings. The highest BCUT2D eigenvalue weighted by atomic mass is 16.5. The molecule has 0 radical (unpaired) electrons. The zero-order valence-electron chi connectivity index (χ0n) is 19.2. The molecule has 3 rings (SSSR count). The molecule has 1 heterocycles. The molecule has 0 aromatic heterocycles. The minimum Gasteiger partial charge on any atom is -0.507 e. The van der Waals surface area contributed by atoms with Gasteiger partial charge in [0, 0.05) is 17.7 Å². The van der Waals surface area contributed by atoms with Crippen LogP contribution < -0.4 is 9.47 Å². The number of aryl methyl sites for hydroxylation is 1. The molecule has 1 saturated heterocycles. The Balaban J connectivity index is 2.16. The summed E-state index contributed by atoms with van der Waals surface area (Å²) in [6.07, 6.45) is 0.688. The first-order valence-corrected chi connectivity index (χ1v) is 10.5. The number of rotatable bonds is 8. The molecule has 1 atom stereocenters. The van der Waals surface area contributed by atoms with Crippen LogP contribution in [0, 0.1) is 6.92 Å². The van der Waals surface area contributed by atoms with Crippen LogP contribution in [-0.4, -0.2) is 68.0 Å². The van der Waals surface area contributed by atoms with E-state index in [9.17, 15) is 14.7 Å². The van der Waals surface area contributed by atoms with Crippen LogP contribution in [0.3, 0.4) is 0 Å². The SMILES string of the molecule is COc1ccc(C(O)=C2C(=O)C(=O)N(CCCN(C)C)[C@@H]2c2ccccc2OC)c(C)c1. The quantitative estimate of drug-likeness (QED) is 0.387. The van der Waals surface area contributed by atoms with Crippen molar-refractivity contribution in [1.82, 2.24) is 9.80 Å². The van der Waals surface area contributed by atoms with Crippen LogP contribution in [0.1, 0.15) is 29.2 Å². The molecule has 0 bridgehead atoms. The minimum atomic E-state index is -0.741. The molecule has 0 unspecified atom stereocenters. The van der Waals surface area contributed by atoms with Gasteiger partial charge in [-0.2, -0.15) is 0 Å². The monoisotopic (exact) mass is 438 g/mol. The van der Waals surface area contributed by atoms with E-state index in [0.29, 0.717) is 35.6 Å². The van der Waals surface area contributed by atoms with Gasteiger partial charge in [-0.15, -0.1) is 0 Å². The molecule has 1 N–H and O–H groups in total. The summed E-state index contributed by atoms with van der Waals surface area (Å²) in [5, 5.41) is 11.3.